The summed E-state index contributed by atoms with van der Waals surface area (Å²) in [4.78, 5) is 20.1. The van der Waals surface area contributed by atoms with E-state index in [1.807, 2.05) is 13.8 Å². The maximum atomic E-state index is 10.1. The lowest BCUT2D eigenvalue weighted by Crippen LogP contribution is -2.16. The van der Waals surface area contributed by atoms with Gasteiger partial charge in [0.15, 0.2) is 0 Å². The van der Waals surface area contributed by atoms with Gasteiger partial charge in [-0.05, 0) is 26.4 Å². The molecule has 0 aliphatic heterocycles. The van der Waals surface area contributed by atoms with Crippen LogP contribution in [0.2, 0.25) is 0 Å². The molecule has 0 bridgehead atoms. The Labute approximate surface area is 60.9 Å². The van der Waals surface area contributed by atoms with E-state index >= 15 is 0 Å². The second kappa shape index (κ2) is 3.91. The molecule has 4 heteroatoms. The third-order valence-electron chi connectivity index (χ3n) is 0.956. The summed E-state index contributed by atoms with van der Waals surface area (Å²) in [6.45, 7) is 3.72. The standard InChI is InChI=1S/C6H13O3P/c1-6(2)4-3-5-10(7,8)9/h4H,3,5H2,1-2H3,(H2,7,8,9)/p-2. The molecular formula is C6H11O3P-2. The SMILES string of the molecule is CC(C)=CCCP(=O)([O-])[O-]. The molecule has 0 radical (unpaired) electrons. The van der Waals surface area contributed by atoms with Crippen molar-refractivity contribution in [2.45, 2.75) is 20.3 Å². The van der Waals surface area contributed by atoms with E-state index in [1.54, 1.807) is 6.08 Å². The molecule has 0 N–H and O–H groups in total. The summed E-state index contributed by atoms with van der Waals surface area (Å²) < 4.78 is 10.1. The highest BCUT2D eigenvalue weighted by molar-refractivity contribution is 7.48. The molecule has 0 fully saturated rings. The predicted octanol–water partition coefficient (Wildman–Crippen LogP) is 0.256. The minimum atomic E-state index is -4.27. The van der Waals surface area contributed by atoms with Gasteiger partial charge < -0.3 is 14.4 Å². The lowest BCUT2D eigenvalue weighted by atomic mass is 10.3. The molecule has 0 saturated heterocycles. The quantitative estimate of drug-likeness (QED) is 0.441. The third kappa shape index (κ3) is 7.89. The minimum Gasteiger partial charge on any atom is -0.811 e. The van der Waals surface area contributed by atoms with E-state index in [4.69, 9.17) is 0 Å². The largest absolute Gasteiger partial charge is 0.811 e. The maximum absolute atomic E-state index is 10.1. The van der Waals surface area contributed by atoms with Crippen molar-refractivity contribution >= 4 is 7.60 Å². The Morgan fingerprint density at radius 2 is 2.00 bits per heavy atom. The smallest absolute Gasteiger partial charge is 0.0216 e. The fraction of sp³-hybridized carbons (Fsp3) is 0.667. The summed E-state index contributed by atoms with van der Waals surface area (Å²) >= 11 is 0. The number of hydrogen-bond donors (Lipinski definition) is 0. The zero-order chi connectivity index (χ0) is 8.20. The van der Waals surface area contributed by atoms with Crippen LogP contribution in [0.25, 0.3) is 0 Å². The second-order valence-corrected chi connectivity index (χ2v) is 4.07. The van der Waals surface area contributed by atoms with Gasteiger partial charge in [-0.15, -0.1) is 0 Å². The van der Waals surface area contributed by atoms with Crippen molar-refractivity contribution in [2.75, 3.05) is 6.16 Å². The Morgan fingerprint density at radius 3 is 2.30 bits per heavy atom. The van der Waals surface area contributed by atoms with Crippen LogP contribution in [-0.2, 0) is 4.57 Å². The predicted molar refractivity (Wildman–Crippen MR) is 36.5 cm³/mol. The highest BCUT2D eigenvalue weighted by atomic mass is 31.2. The topological polar surface area (TPSA) is 63.2 Å². The molecule has 0 aliphatic rings. The van der Waals surface area contributed by atoms with E-state index in [1.165, 1.54) is 0 Å². The second-order valence-electron chi connectivity index (χ2n) is 2.40. The van der Waals surface area contributed by atoms with Crippen molar-refractivity contribution in [1.82, 2.24) is 0 Å². The van der Waals surface area contributed by atoms with Crippen LogP contribution in [0.4, 0.5) is 0 Å². The lowest BCUT2D eigenvalue weighted by Gasteiger charge is -2.28. The zero-order valence-electron chi connectivity index (χ0n) is 6.16. The molecule has 0 aliphatic carbocycles. The van der Waals surface area contributed by atoms with Crippen molar-refractivity contribution in [1.29, 1.82) is 0 Å². The van der Waals surface area contributed by atoms with Crippen molar-refractivity contribution < 1.29 is 14.4 Å². The number of allylic oxidation sites excluding steroid dienone is 2. The average molecular weight is 162 g/mol. The van der Waals surface area contributed by atoms with Crippen LogP contribution in [0.1, 0.15) is 20.3 Å². The van der Waals surface area contributed by atoms with Crippen LogP contribution in [0, 0.1) is 0 Å². The third-order valence-corrected chi connectivity index (χ3v) is 1.76. The Balaban J connectivity index is 3.58. The zero-order valence-corrected chi connectivity index (χ0v) is 7.06. The van der Waals surface area contributed by atoms with E-state index in [0.29, 0.717) is 6.42 Å². The molecule has 0 rings (SSSR count). The molecule has 10 heavy (non-hydrogen) atoms. The number of hydrogen-bond acceptors (Lipinski definition) is 3. The van der Waals surface area contributed by atoms with Crippen molar-refractivity contribution in [3.63, 3.8) is 0 Å². The van der Waals surface area contributed by atoms with Crippen LogP contribution < -0.4 is 9.79 Å². The maximum Gasteiger partial charge on any atom is -0.0216 e. The van der Waals surface area contributed by atoms with Crippen LogP contribution in [0.15, 0.2) is 11.6 Å². The molecule has 0 aromatic carbocycles. The Bertz CT molecular complexity index is 164. The summed E-state index contributed by atoms with van der Waals surface area (Å²) in [7, 11) is -4.27. The molecule has 0 atom stereocenters. The van der Waals surface area contributed by atoms with Gasteiger partial charge in [0, 0.05) is 0 Å². The summed E-state index contributed by atoms with van der Waals surface area (Å²) in [5.74, 6) is 0. The van der Waals surface area contributed by atoms with E-state index < -0.39 is 7.60 Å². The van der Waals surface area contributed by atoms with E-state index in [2.05, 4.69) is 0 Å². The Hall–Kier alpha value is -0.110. The van der Waals surface area contributed by atoms with Gasteiger partial charge in [-0.3, -0.25) is 0 Å². The summed E-state index contributed by atoms with van der Waals surface area (Å²) in [5, 5.41) is 0. The monoisotopic (exact) mass is 162 g/mol. The Morgan fingerprint density at radius 1 is 1.50 bits per heavy atom. The van der Waals surface area contributed by atoms with Gasteiger partial charge in [0.1, 0.15) is 0 Å². The first-order chi connectivity index (χ1) is 4.42. The van der Waals surface area contributed by atoms with Gasteiger partial charge >= 0.3 is 0 Å². The first kappa shape index (κ1) is 9.89. The molecule has 0 aromatic rings. The average Bonchev–Trinajstić information content (AvgIpc) is 1.59. The van der Waals surface area contributed by atoms with Crippen molar-refractivity contribution in [3.8, 4) is 0 Å². The molecule has 0 unspecified atom stereocenters. The fourth-order valence-corrected chi connectivity index (χ4v) is 0.957. The van der Waals surface area contributed by atoms with Gasteiger partial charge in [-0.25, -0.2) is 0 Å². The van der Waals surface area contributed by atoms with Gasteiger partial charge in [0.2, 0.25) is 0 Å². The fourth-order valence-electron chi connectivity index (χ4n) is 0.511. The van der Waals surface area contributed by atoms with Gasteiger partial charge in [0.25, 0.3) is 0 Å². The van der Waals surface area contributed by atoms with Crippen LogP contribution in [-0.4, -0.2) is 6.16 Å². The summed E-state index contributed by atoms with van der Waals surface area (Å²) in [6.07, 6.45) is 1.81. The molecule has 3 nitrogen and oxygen atoms in total. The number of rotatable bonds is 3. The summed E-state index contributed by atoms with van der Waals surface area (Å²) in [5.41, 5.74) is 1.04. The lowest BCUT2D eigenvalue weighted by molar-refractivity contribution is -0.313. The first-order valence-corrected chi connectivity index (χ1v) is 4.79. The van der Waals surface area contributed by atoms with Gasteiger partial charge in [-0.1, -0.05) is 19.2 Å². The normalized spacial score (nSPS) is 11.2. The van der Waals surface area contributed by atoms with Crippen molar-refractivity contribution in [3.05, 3.63) is 11.6 Å². The molecule has 0 aromatic heterocycles. The van der Waals surface area contributed by atoms with Crippen LogP contribution in [0.3, 0.4) is 0 Å². The molecule has 0 spiro atoms. The summed E-state index contributed by atoms with van der Waals surface area (Å²) in [6, 6.07) is 0. The van der Waals surface area contributed by atoms with E-state index in [9.17, 15) is 14.4 Å². The highest BCUT2D eigenvalue weighted by Crippen LogP contribution is 2.23. The van der Waals surface area contributed by atoms with E-state index in [-0.39, 0.29) is 6.16 Å². The molecule has 0 heterocycles. The van der Waals surface area contributed by atoms with Gasteiger partial charge in [0.05, 0.1) is 0 Å². The first-order valence-electron chi connectivity index (χ1n) is 3.06. The molecular weight excluding hydrogens is 151 g/mol. The Kier molecular flexibility index (Phi) is 3.87. The molecule has 60 valence electrons. The van der Waals surface area contributed by atoms with Gasteiger partial charge in [-0.2, -0.15) is 0 Å². The molecule has 0 saturated carbocycles. The minimum absolute atomic E-state index is 0.266. The van der Waals surface area contributed by atoms with E-state index in [0.717, 1.165) is 5.57 Å². The van der Waals surface area contributed by atoms with Crippen molar-refractivity contribution in [2.24, 2.45) is 0 Å². The molecule has 0 amide bonds. The highest BCUT2D eigenvalue weighted by Gasteiger charge is 1.87. The van der Waals surface area contributed by atoms with Crippen LogP contribution >= 0.6 is 7.60 Å². The van der Waals surface area contributed by atoms with Crippen LogP contribution in [0.5, 0.6) is 0 Å².